The molecule has 0 aliphatic carbocycles. The van der Waals surface area contributed by atoms with Crippen molar-refractivity contribution in [2.75, 3.05) is 6.54 Å². The van der Waals surface area contributed by atoms with E-state index in [1.54, 1.807) is 6.20 Å². The molecule has 26 heavy (non-hydrogen) atoms. The van der Waals surface area contributed by atoms with Gasteiger partial charge >= 0.3 is 5.97 Å². The van der Waals surface area contributed by atoms with E-state index in [1.807, 2.05) is 13.8 Å². The lowest BCUT2D eigenvalue weighted by Gasteiger charge is -2.29. The third kappa shape index (κ3) is 5.04. The second-order valence-corrected chi connectivity index (χ2v) is 7.11. The van der Waals surface area contributed by atoms with Crippen molar-refractivity contribution in [2.45, 2.75) is 57.7 Å². The summed E-state index contributed by atoms with van der Waals surface area (Å²) in [6.07, 6.45) is 4.86. The number of nitrogens with two attached hydrogens (primary N) is 1. The van der Waals surface area contributed by atoms with Crippen LogP contribution in [-0.2, 0) is 20.8 Å². The number of aliphatic carboxylic acids is 1. The summed E-state index contributed by atoms with van der Waals surface area (Å²) >= 11 is 0. The minimum atomic E-state index is -1.01. The van der Waals surface area contributed by atoms with Crippen LogP contribution in [0.3, 0.4) is 0 Å². The maximum absolute atomic E-state index is 12.9. The lowest BCUT2D eigenvalue weighted by Crippen LogP contribution is -2.55. The van der Waals surface area contributed by atoms with Crippen molar-refractivity contribution in [3.05, 3.63) is 18.2 Å². The van der Waals surface area contributed by atoms with Crippen LogP contribution >= 0.6 is 0 Å². The van der Waals surface area contributed by atoms with E-state index in [4.69, 9.17) is 5.73 Å². The van der Waals surface area contributed by atoms with Gasteiger partial charge in [-0.05, 0) is 25.2 Å². The normalized spacial score (nSPS) is 19.4. The molecule has 2 rings (SSSR count). The molecular weight excluding hydrogens is 338 g/mol. The van der Waals surface area contributed by atoms with Gasteiger partial charge in [-0.3, -0.25) is 9.59 Å². The molecule has 0 unspecified atom stereocenters. The van der Waals surface area contributed by atoms with Gasteiger partial charge in [0, 0.05) is 24.9 Å². The molecule has 1 aliphatic heterocycles. The van der Waals surface area contributed by atoms with Gasteiger partial charge in [-0.2, -0.15) is 0 Å². The van der Waals surface area contributed by atoms with Gasteiger partial charge in [-0.25, -0.2) is 9.78 Å². The Balaban J connectivity index is 2.04. The zero-order valence-electron chi connectivity index (χ0n) is 15.1. The fourth-order valence-corrected chi connectivity index (χ4v) is 3.18. The van der Waals surface area contributed by atoms with Crippen LogP contribution in [0.2, 0.25) is 0 Å². The number of carboxylic acids is 1. The minimum absolute atomic E-state index is 0.152. The first-order valence-electron chi connectivity index (χ1n) is 8.86. The number of imidazole rings is 1. The summed E-state index contributed by atoms with van der Waals surface area (Å²) < 4.78 is 0. The smallest absolute Gasteiger partial charge is 0.326 e. The van der Waals surface area contributed by atoms with Gasteiger partial charge < -0.3 is 26.0 Å². The SMILES string of the molecule is CC(C)C[C@H](NC(=O)[C@@H](N)Cc1cnc[nH]1)C(=O)N1CCC[C@@H]1C(=O)O. The molecular formula is C17H27N5O4. The Bertz CT molecular complexity index is 631. The molecule has 3 atom stereocenters. The van der Waals surface area contributed by atoms with E-state index < -0.39 is 30.0 Å². The molecule has 144 valence electrons. The Morgan fingerprint density at radius 1 is 1.46 bits per heavy atom. The van der Waals surface area contributed by atoms with Crippen LogP contribution in [0.5, 0.6) is 0 Å². The molecule has 2 heterocycles. The molecule has 0 saturated carbocycles. The summed E-state index contributed by atoms with van der Waals surface area (Å²) in [5, 5.41) is 12.0. The summed E-state index contributed by atoms with van der Waals surface area (Å²) in [5.41, 5.74) is 6.66. The van der Waals surface area contributed by atoms with E-state index in [0.29, 0.717) is 25.8 Å². The van der Waals surface area contributed by atoms with Gasteiger partial charge in [-0.15, -0.1) is 0 Å². The average molecular weight is 365 g/mol. The lowest BCUT2D eigenvalue weighted by molar-refractivity contribution is -0.149. The average Bonchev–Trinajstić information content (AvgIpc) is 3.24. The molecule has 0 aromatic carbocycles. The number of rotatable bonds is 8. The highest BCUT2D eigenvalue weighted by Gasteiger charge is 2.38. The summed E-state index contributed by atoms with van der Waals surface area (Å²) in [7, 11) is 0. The maximum atomic E-state index is 12.9. The number of likely N-dealkylation sites (tertiary alicyclic amines) is 1. The van der Waals surface area contributed by atoms with Gasteiger partial charge in [0.15, 0.2) is 0 Å². The fourth-order valence-electron chi connectivity index (χ4n) is 3.18. The Hall–Kier alpha value is -2.42. The van der Waals surface area contributed by atoms with Crippen molar-refractivity contribution < 1.29 is 19.5 Å². The molecule has 0 radical (unpaired) electrons. The van der Waals surface area contributed by atoms with Crippen LogP contribution in [0.1, 0.15) is 38.8 Å². The van der Waals surface area contributed by atoms with Crippen molar-refractivity contribution in [3.8, 4) is 0 Å². The predicted octanol–water partition coefficient (Wildman–Crippen LogP) is -0.114. The molecule has 1 aromatic heterocycles. The van der Waals surface area contributed by atoms with E-state index in [-0.39, 0.29) is 18.2 Å². The van der Waals surface area contributed by atoms with Crippen molar-refractivity contribution >= 4 is 17.8 Å². The van der Waals surface area contributed by atoms with E-state index in [1.165, 1.54) is 11.2 Å². The first kappa shape index (κ1) is 19.9. The first-order chi connectivity index (χ1) is 12.3. The highest BCUT2D eigenvalue weighted by atomic mass is 16.4. The summed E-state index contributed by atoms with van der Waals surface area (Å²) in [5.74, 6) is -1.66. The van der Waals surface area contributed by atoms with E-state index in [2.05, 4.69) is 15.3 Å². The van der Waals surface area contributed by atoms with Crippen molar-refractivity contribution in [2.24, 2.45) is 11.7 Å². The number of nitrogens with zero attached hydrogens (tertiary/aromatic N) is 2. The molecule has 1 aliphatic rings. The first-order valence-corrected chi connectivity index (χ1v) is 8.86. The number of hydrogen-bond donors (Lipinski definition) is 4. The van der Waals surface area contributed by atoms with Crippen molar-refractivity contribution in [1.82, 2.24) is 20.2 Å². The van der Waals surface area contributed by atoms with Gasteiger partial charge in [0.05, 0.1) is 12.4 Å². The minimum Gasteiger partial charge on any atom is -0.480 e. The number of H-pyrrole nitrogens is 1. The quantitative estimate of drug-likeness (QED) is 0.506. The predicted molar refractivity (Wildman–Crippen MR) is 94.0 cm³/mol. The molecule has 1 aromatic rings. The lowest BCUT2D eigenvalue weighted by atomic mass is 10.0. The second kappa shape index (κ2) is 8.79. The Labute approximate surface area is 152 Å². The molecule has 0 spiro atoms. The van der Waals surface area contributed by atoms with Crippen LogP contribution in [0.4, 0.5) is 0 Å². The fraction of sp³-hybridized carbons (Fsp3) is 0.647. The largest absolute Gasteiger partial charge is 0.480 e. The van der Waals surface area contributed by atoms with Crippen LogP contribution in [-0.4, -0.2) is 62.4 Å². The topological polar surface area (TPSA) is 141 Å². The number of amides is 2. The van der Waals surface area contributed by atoms with Crippen molar-refractivity contribution in [1.29, 1.82) is 0 Å². The van der Waals surface area contributed by atoms with E-state index in [0.717, 1.165) is 5.69 Å². The molecule has 1 fully saturated rings. The number of hydrogen-bond acceptors (Lipinski definition) is 5. The van der Waals surface area contributed by atoms with E-state index in [9.17, 15) is 19.5 Å². The molecule has 0 bridgehead atoms. The van der Waals surface area contributed by atoms with Crippen LogP contribution < -0.4 is 11.1 Å². The van der Waals surface area contributed by atoms with Crippen LogP contribution in [0.15, 0.2) is 12.5 Å². The third-order valence-corrected chi connectivity index (χ3v) is 4.47. The molecule has 5 N–H and O–H groups in total. The van der Waals surface area contributed by atoms with E-state index >= 15 is 0 Å². The highest BCUT2D eigenvalue weighted by Crippen LogP contribution is 2.20. The summed E-state index contributed by atoms with van der Waals surface area (Å²) in [6.45, 7) is 4.27. The third-order valence-electron chi connectivity index (χ3n) is 4.47. The summed E-state index contributed by atoms with van der Waals surface area (Å²) in [6, 6.07) is -2.44. The molecule has 1 saturated heterocycles. The number of aromatic nitrogens is 2. The monoisotopic (exact) mass is 365 g/mol. The second-order valence-electron chi connectivity index (χ2n) is 7.11. The highest BCUT2D eigenvalue weighted by molar-refractivity contribution is 5.92. The van der Waals surface area contributed by atoms with Gasteiger partial charge in [0.1, 0.15) is 12.1 Å². The molecule has 9 nitrogen and oxygen atoms in total. The van der Waals surface area contributed by atoms with Gasteiger partial charge in [0.2, 0.25) is 11.8 Å². The standard InChI is InChI=1S/C17H27N5O4/c1-10(2)6-13(16(24)22-5-3-4-14(22)17(25)26)21-15(23)12(18)7-11-8-19-9-20-11/h8-10,12-14H,3-7,18H2,1-2H3,(H,19,20)(H,21,23)(H,25,26)/t12-,13-,14+/m0/s1. The Morgan fingerprint density at radius 3 is 2.77 bits per heavy atom. The molecule has 9 heteroatoms. The molecule has 2 amide bonds. The number of nitrogens with one attached hydrogen (secondary N) is 2. The number of aromatic amines is 1. The number of carbonyl (C=O) groups excluding carboxylic acids is 2. The van der Waals surface area contributed by atoms with Gasteiger partial charge in [-0.1, -0.05) is 13.8 Å². The Kier molecular flexibility index (Phi) is 6.73. The van der Waals surface area contributed by atoms with Crippen LogP contribution in [0.25, 0.3) is 0 Å². The Morgan fingerprint density at radius 2 is 2.19 bits per heavy atom. The zero-order valence-corrected chi connectivity index (χ0v) is 15.1. The van der Waals surface area contributed by atoms with Gasteiger partial charge in [0.25, 0.3) is 0 Å². The zero-order chi connectivity index (χ0) is 19.3. The maximum Gasteiger partial charge on any atom is 0.326 e. The summed E-state index contributed by atoms with van der Waals surface area (Å²) in [4.78, 5) is 44.8. The number of carboxylic acid groups (broad SMARTS) is 1. The van der Waals surface area contributed by atoms with Crippen LogP contribution in [0, 0.1) is 5.92 Å². The van der Waals surface area contributed by atoms with Crippen molar-refractivity contribution in [3.63, 3.8) is 0 Å². The number of carbonyl (C=O) groups is 3.